The average molecular weight is 152 g/mol. The molecule has 2 heteroatoms. The summed E-state index contributed by atoms with van der Waals surface area (Å²) in [6.07, 6.45) is 7.69. The molecule has 0 amide bonds. The molecule has 1 N–H and O–H groups in total. The standard InChI is InChI=1S/C9H12O2/c1-2-7-11-9-6-4-3-5-8(9)10/h2-5,9-10H,1,6-7H2. The van der Waals surface area contributed by atoms with Gasteiger partial charge >= 0.3 is 0 Å². The van der Waals surface area contributed by atoms with Crippen LogP contribution in [0.5, 0.6) is 0 Å². The largest absolute Gasteiger partial charge is 0.510 e. The van der Waals surface area contributed by atoms with Gasteiger partial charge in [0.2, 0.25) is 0 Å². The monoisotopic (exact) mass is 152 g/mol. The summed E-state index contributed by atoms with van der Waals surface area (Å²) >= 11 is 0. The number of allylic oxidation sites excluding steroid dienone is 2. The first-order valence-corrected chi connectivity index (χ1v) is 3.62. The third kappa shape index (κ3) is 2.24. The van der Waals surface area contributed by atoms with Crippen molar-refractivity contribution in [2.24, 2.45) is 0 Å². The van der Waals surface area contributed by atoms with Crippen LogP contribution in [0, 0.1) is 0 Å². The summed E-state index contributed by atoms with van der Waals surface area (Å²) in [6, 6.07) is 0. The average Bonchev–Trinajstić information content (AvgIpc) is 2.03. The lowest BCUT2D eigenvalue weighted by atomic mass is 10.1. The SMILES string of the molecule is C=CCOC1CC=CC=C1O. The summed E-state index contributed by atoms with van der Waals surface area (Å²) in [6.45, 7) is 4.01. The Hall–Kier alpha value is -1.02. The molecule has 0 bridgehead atoms. The summed E-state index contributed by atoms with van der Waals surface area (Å²) in [5, 5.41) is 9.25. The Morgan fingerprint density at radius 2 is 2.64 bits per heavy atom. The van der Waals surface area contributed by atoms with Crippen LogP contribution in [0.25, 0.3) is 0 Å². The molecule has 0 aromatic heterocycles. The van der Waals surface area contributed by atoms with E-state index in [1.54, 1.807) is 12.2 Å². The Bertz CT molecular complexity index is 192. The number of hydrogen-bond donors (Lipinski definition) is 1. The van der Waals surface area contributed by atoms with Gasteiger partial charge in [-0.25, -0.2) is 0 Å². The molecule has 1 rings (SSSR count). The van der Waals surface area contributed by atoms with E-state index in [2.05, 4.69) is 6.58 Å². The second-order valence-electron chi connectivity index (χ2n) is 2.37. The molecule has 1 aliphatic rings. The lowest BCUT2D eigenvalue weighted by Gasteiger charge is -2.16. The van der Waals surface area contributed by atoms with Gasteiger partial charge in [0.25, 0.3) is 0 Å². The molecule has 0 saturated carbocycles. The molecule has 0 aromatic rings. The highest BCUT2D eigenvalue weighted by Gasteiger charge is 2.13. The first-order valence-electron chi connectivity index (χ1n) is 3.62. The normalized spacial score (nSPS) is 22.9. The fourth-order valence-corrected chi connectivity index (χ4v) is 0.934. The molecule has 2 nitrogen and oxygen atoms in total. The summed E-state index contributed by atoms with van der Waals surface area (Å²) in [5.41, 5.74) is 0. The number of rotatable bonds is 3. The minimum absolute atomic E-state index is 0.169. The molecule has 1 aliphatic carbocycles. The highest BCUT2D eigenvalue weighted by molar-refractivity contribution is 5.16. The van der Waals surface area contributed by atoms with Crippen LogP contribution in [-0.4, -0.2) is 17.8 Å². The van der Waals surface area contributed by atoms with Gasteiger partial charge in [0, 0.05) is 0 Å². The van der Waals surface area contributed by atoms with Crippen molar-refractivity contribution in [2.75, 3.05) is 6.61 Å². The zero-order valence-corrected chi connectivity index (χ0v) is 6.36. The van der Waals surface area contributed by atoms with Crippen molar-refractivity contribution in [1.29, 1.82) is 0 Å². The van der Waals surface area contributed by atoms with Crippen LogP contribution in [0.2, 0.25) is 0 Å². The van der Waals surface area contributed by atoms with Crippen molar-refractivity contribution in [1.82, 2.24) is 0 Å². The van der Waals surface area contributed by atoms with Crippen LogP contribution in [0.1, 0.15) is 6.42 Å². The molecule has 0 radical (unpaired) electrons. The molecule has 1 unspecified atom stereocenters. The van der Waals surface area contributed by atoms with E-state index in [0.29, 0.717) is 12.4 Å². The molecular formula is C9H12O2. The zero-order valence-electron chi connectivity index (χ0n) is 6.36. The molecule has 0 aromatic carbocycles. The van der Waals surface area contributed by atoms with Crippen LogP contribution >= 0.6 is 0 Å². The van der Waals surface area contributed by atoms with E-state index in [1.807, 2.05) is 12.2 Å². The van der Waals surface area contributed by atoms with Crippen LogP contribution in [0.3, 0.4) is 0 Å². The quantitative estimate of drug-likeness (QED) is 0.626. The minimum atomic E-state index is -0.169. The molecule has 1 atom stereocenters. The number of aliphatic hydroxyl groups excluding tert-OH is 1. The minimum Gasteiger partial charge on any atom is -0.510 e. The molecule has 0 heterocycles. The van der Waals surface area contributed by atoms with Crippen molar-refractivity contribution in [3.8, 4) is 0 Å². The highest BCUT2D eigenvalue weighted by Crippen LogP contribution is 2.13. The maximum Gasteiger partial charge on any atom is 0.121 e. The predicted octanol–water partition coefficient (Wildman–Crippen LogP) is 1.96. The smallest absolute Gasteiger partial charge is 0.121 e. The fourth-order valence-electron chi connectivity index (χ4n) is 0.934. The molecule has 60 valence electrons. The Morgan fingerprint density at radius 3 is 3.27 bits per heavy atom. The van der Waals surface area contributed by atoms with Crippen LogP contribution < -0.4 is 0 Å². The van der Waals surface area contributed by atoms with E-state index in [0.717, 1.165) is 6.42 Å². The van der Waals surface area contributed by atoms with Gasteiger partial charge in [-0.1, -0.05) is 18.2 Å². The molecule has 0 saturated heterocycles. The molecule has 0 fully saturated rings. The fraction of sp³-hybridized carbons (Fsp3) is 0.333. The van der Waals surface area contributed by atoms with Gasteiger partial charge in [0.15, 0.2) is 0 Å². The first-order chi connectivity index (χ1) is 5.34. The lowest BCUT2D eigenvalue weighted by molar-refractivity contribution is 0.0692. The van der Waals surface area contributed by atoms with E-state index in [-0.39, 0.29) is 6.10 Å². The Morgan fingerprint density at radius 1 is 1.82 bits per heavy atom. The van der Waals surface area contributed by atoms with Crippen molar-refractivity contribution in [3.05, 3.63) is 36.6 Å². The van der Waals surface area contributed by atoms with E-state index >= 15 is 0 Å². The van der Waals surface area contributed by atoms with Gasteiger partial charge in [0.1, 0.15) is 11.9 Å². The maximum atomic E-state index is 9.25. The molecule has 0 spiro atoms. The first kappa shape index (κ1) is 8.08. The second-order valence-corrected chi connectivity index (χ2v) is 2.37. The third-order valence-corrected chi connectivity index (χ3v) is 1.50. The summed E-state index contributed by atoms with van der Waals surface area (Å²) < 4.78 is 5.26. The van der Waals surface area contributed by atoms with Crippen LogP contribution in [0.4, 0.5) is 0 Å². The summed E-state index contributed by atoms with van der Waals surface area (Å²) in [4.78, 5) is 0. The highest BCUT2D eigenvalue weighted by atomic mass is 16.5. The van der Waals surface area contributed by atoms with Crippen LogP contribution in [0.15, 0.2) is 36.6 Å². The molecular weight excluding hydrogens is 140 g/mol. The van der Waals surface area contributed by atoms with Gasteiger partial charge < -0.3 is 9.84 Å². The van der Waals surface area contributed by atoms with E-state index in [9.17, 15) is 5.11 Å². The van der Waals surface area contributed by atoms with Gasteiger partial charge in [0.05, 0.1) is 6.61 Å². The number of ether oxygens (including phenoxy) is 1. The van der Waals surface area contributed by atoms with Crippen LogP contribution in [-0.2, 0) is 4.74 Å². The number of hydrogen-bond acceptors (Lipinski definition) is 2. The Labute approximate surface area is 66.5 Å². The van der Waals surface area contributed by atoms with Gasteiger partial charge in [-0.2, -0.15) is 0 Å². The summed E-state index contributed by atoms with van der Waals surface area (Å²) in [7, 11) is 0. The maximum absolute atomic E-state index is 9.25. The lowest BCUT2D eigenvalue weighted by Crippen LogP contribution is -2.16. The van der Waals surface area contributed by atoms with Crippen molar-refractivity contribution >= 4 is 0 Å². The van der Waals surface area contributed by atoms with E-state index < -0.39 is 0 Å². The molecule has 11 heavy (non-hydrogen) atoms. The van der Waals surface area contributed by atoms with Gasteiger partial charge in [-0.05, 0) is 12.5 Å². The number of aliphatic hydroxyl groups is 1. The summed E-state index contributed by atoms with van der Waals surface area (Å²) in [5.74, 6) is 0.300. The van der Waals surface area contributed by atoms with Crippen molar-refractivity contribution < 1.29 is 9.84 Å². The Balaban J connectivity index is 2.40. The van der Waals surface area contributed by atoms with Crippen molar-refractivity contribution in [2.45, 2.75) is 12.5 Å². The topological polar surface area (TPSA) is 29.5 Å². The molecule has 0 aliphatic heterocycles. The van der Waals surface area contributed by atoms with E-state index in [1.165, 1.54) is 0 Å². The third-order valence-electron chi connectivity index (χ3n) is 1.50. The van der Waals surface area contributed by atoms with Crippen molar-refractivity contribution in [3.63, 3.8) is 0 Å². The van der Waals surface area contributed by atoms with Gasteiger partial charge in [-0.3, -0.25) is 0 Å². The Kier molecular flexibility index (Phi) is 2.93. The predicted molar refractivity (Wildman–Crippen MR) is 44.4 cm³/mol. The zero-order chi connectivity index (χ0) is 8.10. The second kappa shape index (κ2) is 3.98. The van der Waals surface area contributed by atoms with E-state index in [4.69, 9.17) is 4.74 Å². The van der Waals surface area contributed by atoms with Gasteiger partial charge in [-0.15, -0.1) is 6.58 Å².